The van der Waals surface area contributed by atoms with E-state index in [0.717, 1.165) is 23.3 Å². The van der Waals surface area contributed by atoms with Crippen LogP contribution in [0.3, 0.4) is 0 Å². The average Bonchev–Trinajstić information content (AvgIpc) is 3.02. The molecule has 0 aliphatic carbocycles. The molecule has 2 aromatic rings. The third-order valence-electron chi connectivity index (χ3n) is 4.40. The topological polar surface area (TPSA) is 64.6 Å². The molecule has 2 aliphatic rings. The molecule has 122 valence electrons. The van der Waals surface area contributed by atoms with Crippen LogP contribution in [0.15, 0.2) is 48.5 Å². The summed E-state index contributed by atoms with van der Waals surface area (Å²) in [5, 5.41) is 2.84. The Morgan fingerprint density at radius 2 is 1.75 bits per heavy atom. The second-order valence-electron chi connectivity index (χ2n) is 6.05. The van der Waals surface area contributed by atoms with Gasteiger partial charge < -0.3 is 14.8 Å². The van der Waals surface area contributed by atoms with Crippen molar-refractivity contribution in [3.8, 4) is 5.75 Å². The molecule has 0 unspecified atom stereocenters. The van der Waals surface area contributed by atoms with Crippen molar-refractivity contribution in [3.05, 3.63) is 65.2 Å². The summed E-state index contributed by atoms with van der Waals surface area (Å²) in [7, 11) is 0. The third kappa shape index (κ3) is 2.73. The Labute approximate surface area is 139 Å². The van der Waals surface area contributed by atoms with Gasteiger partial charge in [0.05, 0.1) is 12.1 Å². The molecule has 0 radical (unpaired) electrons. The zero-order valence-corrected chi connectivity index (χ0v) is 13.0. The van der Waals surface area contributed by atoms with E-state index in [9.17, 15) is 9.59 Å². The number of hydrogen-bond donors (Lipinski definition) is 1. The molecular formula is C19H17NO4. The molecule has 0 fully saturated rings. The van der Waals surface area contributed by atoms with Crippen LogP contribution in [0.1, 0.15) is 21.5 Å². The fourth-order valence-corrected chi connectivity index (χ4v) is 3.17. The van der Waals surface area contributed by atoms with Crippen LogP contribution in [0.25, 0.3) is 0 Å². The number of fused-ring (bicyclic) bond motifs is 2. The van der Waals surface area contributed by atoms with Crippen molar-refractivity contribution < 1.29 is 19.1 Å². The molecule has 0 saturated carbocycles. The first-order valence-corrected chi connectivity index (χ1v) is 8.02. The van der Waals surface area contributed by atoms with Crippen molar-refractivity contribution in [3.63, 3.8) is 0 Å². The molecule has 4 rings (SSSR count). The van der Waals surface area contributed by atoms with E-state index in [2.05, 4.69) is 5.32 Å². The summed E-state index contributed by atoms with van der Waals surface area (Å²) in [5.41, 5.74) is 2.53. The quantitative estimate of drug-likeness (QED) is 0.876. The second-order valence-corrected chi connectivity index (χ2v) is 6.05. The molecule has 0 spiro atoms. The molecule has 2 aromatic carbocycles. The second kappa shape index (κ2) is 6.00. The number of carbonyl (C=O) groups excluding carboxylic acids is 2. The molecule has 0 aromatic heterocycles. The normalized spacial score (nSPS) is 21.2. The summed E-state index contributed by atoms with van der Waals surface area (Å²) >= 11 is 0. The number of benzene rings is 2. The van der Waals surface area contributed by atoms with Crippen LogP contribution in [-0.4, -0.2) is 30.6 Å². The van der Waals surface area contributed by atoms with E-state index in [0.29, 0.717) is 18.5 Å². The van der Waals surface area contributed by atoms with E-state index in [1.165, 1.54) is 0 Å². The van der Waals surface area contributed by atoms with E-state index in [1.54, 1.807) is 12.1 Å². The lowest BCUT2D eigenvalue weighted by molar-refractivity contribution is -0.130. The maximum Gasteiger partial charge on any atom is 0.339 e. The summed E-state index contributed by atoms with van der Waals surface area (Å²) in [6.45, 7) is 0.392. The summed E-state index contributed by atoms with van der Waals surface area (Å²) in [6.07, 6.45) is 0.303. The summed E-state index contributed by atoms with van der Waals surface area (Å²) in [4.78, 5) is 24.3. The fourth-order valence-electron chi connectivity index (χ4n) is 3.17. The number of para-hydroxylation sites is 1. The monoisotopic (exact) mass is 323 g/mol. The maximum absolute atomic E-state index is 12.3. The Morgan fingerprint density at radius 1 is 1.00 bits per heavy atom. The average molecular weight is 323 g/mol. The Balaban J connectivity index is 1.36. The van der Waals surface area contributed by atoms with E-state index in [1.807, 2.05) is 36.4 Å². The number of esters is 1. The van der Waals surface area contributed by atoms with Crippen LogP contribution < -0.4 is 10.1 Å². The number of rotatable bonds is 3. The van der Waals surface area contributed by atoms with Crippen molar-refractivity contribution in [2.45, 2.75) is 25.0 Å². The highest BCUT2D eigenvalue weighted by molar-refractivity contribution is 5.95. The fraction of sp³-hybridized carbons (Fsp3) is 0.263. The molecule has 2 aliphatic heterocycles. The lowest BCUT2D eigenvalue weighted by atomic mass is 9.98. The maximum atomic E-state index is 12.3. The van der Waals surface area contributed by atoms with Gasteiger partial charge in [0, 0.05) is 12.8 Å². The van der Waals surface area contributed by atoms with Crippen LogP contribution in [0.5, 0.6) is 5.75 Å². The minimum atomic E-state index is -0.781. The molecule has 1 amide bonds. The molecule has 0 bridgehead atoms. The number of ether oxygens (including phenoxy) is 2. The van der Waals surface area contributed by atoms with Crippen molar-refractivity contribution >= 4 is 11.9 Å². The zero-order chi connectivity index (χ0) is 16.5. The minimum absolute atomic E-state index is 0.0853. The van der Waals surface area contributed by atoms with Crippen LogP contribution in [-0.2, 0) is 22.4 Å². The van der Waals surface area contributed by atoms with Gasteiger partial charge in [-0.05, 0) is 23.3 Å². The highest BCUT2D eigenvalue weighted by Crippen LogP contribution is 2.27. The van der Waals surface area contributed by atoms with Gasteiger partial charge >= 0.3 is 5.97 Å². The number of hydrogen-bond acceptors (Lipinski definition) is 4. The summed E-state index contributed by atoms with van der Waals surface area (Å²) in [6, 6.07) is 15.1. The Hall–Kier alpha value is -2.82. The molecule has 2 heterocycles. The molecule has 0 saturated heterocycles. The zero-order valence-electron chi connectivity index (χ0n) is 13.0. The van der Waals surface area contributed by atoms with E-state index in [-0.39, 0.29) is 12.0 Å². The van der Waals surface area contributed by atoms with Crippen molar-refractivity contribution in [2.24, 2.45) is 0 Å². The van der Waals surface area contributed by atoms with Crippen LogP contribution in [0, 0.1) is 0 Å². The van der Waals surface area contributed by atoms with E-state index >= 15 is 0 Å². The number of cyclic esters (lactones) is 1. The Morgan fingerprint density at radius 3 is 2.58 bits per heavy atom. The van der Waals surface area contributed by atoms with E-state index < -0.39 is 12.1 Å². The lowest BCUT2D eigenvalue weighted by Crippen LogP contribution is -2.44. The van der Waals surface area contributed by atoms with Crippen molar-refractivity contribution in [2.75, 3.05) is 6.54 Å². The van der Waals surface area contributed by atoms with Crippen LogP contribution in [0.2, 0.25) is 0 Å². The minimum Gasteiger partial charge on any atom is -0.488 e. The van der Waals surface area contributed by atoms with Crippen LogP contribution >= 0.6 is 0 Å². The number of amides is 1. The predicted octanol–water partition coefficient (Wildman–Crippen LogP) is 1.89. The molecule has 5 nitrogen and oxygen atoms in total. The number of nitrogens with one attached hydrogen (secondary N) is 1. The van der Waals surface area contributed by atoms with Gasteiger partial charge in [-0.3, -0.25) is 4.79 Å². The first-order valence-electron chi connectivity index (χ1n) is 8.02. The highest BCUT2D eigenvalue weighted by atomic mass is 16.5. The van der Waals surface area contributed by atoms with Gasteiger partial charge in [-0.2, -0.15) is 0 Å². The van der Waals surface area contributed by atoms with Crippen molar-refractivity contribution in [1.82, 2.24) is 5.32 Å². The molecule has 2 atom stereocenters. The van der Waals surface area contributed by atoms with Gasteiger partial charge in [0.15, 0.2) is 6.10 Å². The Kier molecular flexibility index (Phi) is 3.69. The molecule has 5 heteroatoms. The van der Waals surface area contributed by atoms with Gasteiger partial charge in [-0.1, -0.05) is 36.4 Å². The number of carbonyl (C=O) groups is 2. The molecular weight excluding hydrogens is 306 g/mol. The van der Waals surface area contributed by atoms with Gasteiger partial charge in [0.2, 0.25) is 0 Å². The van der Waals surface area contributed by atoms with Gasteiger partial charge in [-0.15, -0.1) is 0 Å². The SMILES string of the molecule is O=C1O[C@H](C(=O)NC[C@H]2Cc3ccccc3O2)Cc2ccccc21. The summed E-state index contributed by atoms with van der Waals surface area (Å²) < 4.78 is 11.1. The largest absolute Gasteiger partial charge is 0.488 e. The van der Waals surface area contributed by atoms with Gasteiger partial charge in [-0.25, -0.2) is 4.79 Å². The van der Waals surface area contributed by atoms with Crippen molar-refractivity contribution in [1.29, 1.82) is 0 Å². The molecule has 24 heavy (non-hydrogen) atoms. The third-order valence-corrected chi connectivity index (χ3v) is 4.40. The van der Waals surface area contributed by atoms with Crippen LogP contribution in [0.4, 0.5) is 0 Å². The highest BCUT2D eigenvalue weighted by Gasteiger charge is 2.32. The Bertz CT molecular complexity index is 776. The first-order chi connectivity index (χ1) is 11.7. The molecule has 1 N–H and O–H groups in total. The summed E-state index contributed by atoms with van der Waals surface area (Å²) in [5.74, 6) is 0.147. The lowest BCUT2D eigenvalue weighted by Gasteiger charge is -2.24. The van der Waals surface area contributed by atoms with Gasteiger partial charge in [0.25, 0.3) is 5.91 Å². The van der Waals surface area contributed by atoms with Gasteiger partial charge in [0.1, 0.15) is 11.9 Å². The first kappa shape index (κ1) is 14.8. The predicted molar refractivity (Wildman–Crippen MR) is 86.9 cm³/mol. The smallest absolute Gasteiger partial charge is 0.339 e. The van der Waals surface area contributed by atoms with E-state index in [4.69, 9.17) is 9.47 Å². The standard InChI is InChI=1S/C19H17NO4/c21-18(17-10-12-5-1-3-7-15(12)19(22)24-17)20-11-14-9-13-6-2-4-8-16(13)23-14/h1-8,14,17H,9-11H2,(H,20,21)/t14-,17+/m1/s1.